The standard InChI is InChI=1S/C22H20ClN3OS/c1-15(16-5-3-2-4-6-16)25-13-26-21(27)11-19(17-7-9-18(23)10-8-17)20(12-24)22(26)28-14-25/h2-10,15,19H,11,13-14H2,1H3/t15-,19-/m1/s1. The second-order valence-electron chi connectivity index (χ2n) is 7.05. The van der Waals surface area contributed by atoms with E-state index >= 15 is 0 Å². The second-order valence-corrected chi connectivity index (χ2v) is 8.42. The van der Waals surface area contributed by atoms with E-state index in [1.807, 2.05) is 42.5 Å². The molecule has 2 aromatic carbocycles. The van der Waals surface area contributed by atoms with Crippen LogP contribution in [-0.4, -0.2) is 28.3 Å². The van der Waals surface area contributed by atoms with Crippen LogP contribution in [0.15, 0.2) is 65.2 Å². The molecule has 0 spiro atoms. The summed E-state index contributed by atoms with van der Waals surface area (Å²) in [7, 11) is 0. The lowest BCUT2D eigenvalue weighted by atomic mass is 9.86. The van der Waals surface area contributed by atoms with Crippen molar-refractivity contribution in [3.8, 4) is 6.07 Å². The zero-order chi connectivity index (χ0) is 19.7. The summed E-state index contributed by atoms with van der Waals surface area (Å²) >= 11 is 7.57. The largest absolute Gasteiger partial charge is 0.292 e. The molecule has 0 aliphatic carbocycles. The van der Waals surface area contributed by atoms with Crippen molar-refractivity contribution in [1.29, 1.82) is 5.26 Å². The Hall–Kier alpha value is -2.26. The van der Waals surface area contributed by atoms with Gasteiger partial charge in [-0.2, -0.15) is 5.26 Å². The maximum absolute atomic E-state index is 13.0. The molecule has 1 saturated heterocycles. The number of hydrogen-bond acceptors (Lipinski definition) is 4. The first-order chi connectivity index (χ1) is 13.6. The molecule has 2 atom stereocenters. The molecular weight excluding hydrogens is 390 g/mol. The first-order valence-corrected chi connectivity index (χ1v) is 10.6. The number of carbonyl (C=O) groups is 1. The molecular formula is C22H20ClN3OS. The minimum absolute atomic E-state index is 0.0615. The first kappa shape index (κ1) is 19.1. The van der Waals surface area contributed by atoms with Crippen molar-refractivity contribution in [1.82, 2.24) is 9.80 Å². The molecule has 0 N–H and O–H groups in total. The van der Waals surface area contributed by atoms with Gasteiger partial charge in [0.1, 0.15) is 0 Å². The van der Waals surface area contributed by atoms with E-state index in [-0.39, 0.29) is 17.9 Å². The lowest BCUT2D eigenvalue weighted by Crippen LogP contribution is -2.47. The van der Waals surface area contributed by atoms with Gasteiger partial charge in [-0.3, -0.25) is 14.6 Å². The number of carbonyl (C=O) groups excluding carboxylic acids is 1. The van der Waals surface area contributed by atoms with Crippen LogP contribution in [0.3, 0.4) is 0 Å². The van der Waals surface area contributed by atoms with Crippen LogP contribution in [0.4, 0.5) is 0 Å². The number of rotatable bonds is 3. The van der Waals surface area contributed by atoms with E-state index in [1.54, 1.807) is 16.7 Å². The summed E-state index contributed by atoms with van der Waals surface area (Å²) < 4.78 is 0. The van der Waals surface area contributed by atoms with Crippen molar-refractivity contribution in [2.45, 2.75) is 25.3 Å². The Morgan fingerprint density at radius 2 is 1.89 bits per heavy atom. The Kier molecular flexibility index (Phi) is 5.45. The highest BCUT2D eigenvalue weighted by atomic mass is 35.5. The fraction of sp³-hybridized carbons (Fsp3) is 0.273. The molecule has 0 radical (unpaired) electrons. The maximum atomic E-state index is 13.0. The van der Waals surface area contributed by atoms with Gasteiger partial charge in [0.05, 0.1) is 29.2 Å². The van der Waals surface area contributed by atoms with Crippen LogP contribution in [-0.2, 0) is 4.79 Å². The zero-order valence-electron chi connectivity index (χ0n) is 15.5. The molecule has 4 nitrogen and oxygen atoms in total. The van der Waals surface area contributed by atoms with E-state index in [1.165, 1.54) is 5.56 Å². The van der Waals surface area contributed by atoms with E-state index in [2.05, 4.69) is 30.0 Å². The molecule has 4 rings (SSSR count). The van der Waals surface area contributed by atoms with Crippen LogP contribution in [0.5, 0.6) is 0 Å². The third-order valence-electron chi connectivity index (χ3n) is 5.42. The molecule has 2 heterocycles. The van der Waals surface area contributed by atoms with Crippen LogP contribution >= 0.6 is 23.4 Å². The van der Waals surface area contributed by atoms with Gasteiger partial charge < -0.3 is 0 Å². The average molecular weight is 410 g/mol. The van der Waals surface area contributed by atoms with Gasteiger partial charge in [-0.25, -0.2) is 0 Å². The van der Waals surface area contributed by atoms with Gasteiger partial charge >= 0.3 is 0 Å². The Bertz CT molecular complexity index is 952. The molecule has 1 amide bonds. The van der Waals surface area contributed by atoms with E-state index in [4.69, 9.17) is 11.6 Å². The summed E-state index contributed by atoms with van der Waals surface area (Å²) in [5.74, 6) is 0.603. The van der Waals surface area contributed by atoms with Gasteiger partial charge in [-0.05, 0) is 30.2 Å². The zero-order valence-corrected chi connectivity index (χ0v) is 17.1. The molecule has 6 heteroatoms. The molecule has 2 aliphatic rings. The Balaban J connectivity index is 1.62. The average Bonchev–Trinajstić information content (AvgIpc) is 2.74. The molecule has 142 valence electrons. The van der Waals surface area contributed by atoms with Gasteiger partial charge in [0.25, 0.3) is 0 Å². The lowest BCUT2D eigenvalue weighted by Gasteiger charge is -2.43. The van der Waals surface area contributed by atoms with Crippen molar-refractivity contribution in [2.24, 2.45) is 0 Å². The smallest absolute Gasteiger partial charge is 0.229 e. The summed E-state index contributed by atoms with van der Waals surface area (Å²) in [6.07, 6.45) is 0.308. The number of fused-ring (bicyclic) bond motifs is 1. The fourth-order valence-corrected chi connectivity index (χ4v) is 5.12. The minimum atomic E-state index is -0.202. The summed E-state index contributed by atoms with van der Waals surface area (Å²) in [4.78, 5) is 17.0. The van der Waals surface area contributed by atoms with Crippen LogP contribution < -0.4 is 0 Å². The predicted molar refractivity (Wildman–Crippen MR) is 112 cm³/mol. The highest BCUT2D eigenvalue weighted by molar-refractivity contribution is 8.03. The Morgan fingerprint density at radius 3 is 2.57 bits per heavy atom. The number of allylic oxidation sites excluding steroid dienone is 1. The first-order valence-electron chi connectivity index (χ1n) is 9.20. The Labute approximate surface area is 174 Å². The van der Waals surface area contributed by atoms with Gasteiger partial charge in [0, 0.05) is 23.4 Å². The van der Waals surface area contributed by atoms with Crippen molar-refractivity contribution < 1.29 is 4.79 Å². The van der Waals surface area contributed by atoms with Crippen LogP contribution in [0, 0.1) is 11.3 Å². The van der Waals surface area contributed by atoms with Gasteiger partial charge in [-0.1, -0.05) is 65.8 Å². The van der Waals surface area contributed by atoms with E-state index in [0.29, 0.717) is 23.7 Å². The number of halogens is 1. The van der Waals surface area contributed by atoms with Gasteiger partial charge in [-0.15, -0.1) is 0 Å². The summed E-state index contributed by atoms with van der Waals surface area (Å²) in [5.41, 5.74) is 2.86. The number of nitriles is 1. The van der Waals surface area contributed by atoms with Crippen molar-refractivity contribution >= 4 is 29.3 Å². The SMILES string of the molecule is C[C@H](c1ccccc1)N1CSC2=C(C#N)[C@@H](c3ccc(Cl)cc3)CC(=O)N2C1. The van der Waals surface area contributed by atoms with Crippen molar-refractivity contribution in [3.63, 3.8) is 0 Å². The number of nitrogens with zero attached hydrogens (tertiary/aromatic N) is 3. The summed E-state index contributed by atoms with van der Waals surface area (Å²) in [6.45, 7) is 2.66. The number of hydrogen-bond donors (Lipinski definition) is 0. The summed E-state index contributed by atoms with van der Waals surface area (Å²) in [5, 5.41) is 11.3. The molecule has 1 fully saturated rings. The highest BCUT2D eigenvalue weighted by Gasteiger charge is 2.39. The van der Waals surface area contributed by atoms with E-state index in [0.717, 1.165) is 16.5 Å². The third-order valence-corrected chi connectivity index (χ3v) is 6.84. The highest BCUT2D eigenvalue weighted by Crippen LogP contribution is 2.43. The molecule has 0 unspecified atom stereocenters. The fourth-order valence-electron chi connectivity index (χ4n) is 3.74. The van der Waals surface area contributed by atoms with Crippen LogP contribution in [0.25, 0.3) is 0 Å². The Morgan fingerprint density at radius 1 is 1.18 bits per heavy atom. The maximum Gasteiger partial charge on any atom is 0.229 e. The third kappa shape index (κ3) is 3.56. The molecule has 0 saturated carbocycles. The molecule has 2 aliphatic heterocycles. The second kappa shape index (κ2) is 8.00. The summed E-state index contributed by atoms with van der Waals surface area (Å²) in [6, 6.07) is 20.3. The monoisotopic (exact) mass is 409 g/mol. The number of amides is 1. The van der Waals surface area contributed by atoms with Crippen molar-refractivity contribution in [2.75, 3.05) is 12.5 Å². The molecule has 0 bridgehead atoms. The number of benzene rings is 2. The molecule has 2 aromatic rings. The van der Waals surface area contributed by atoms with E-state index in [9.17, 15) is 10.1 Å². The lowest BCUT2D eigenvalue weighted by molar-refractivity contribution is -0.132. The minimum Gasteiger partial charge on any atom is -0.292 e. The predicted octanol–water partition coefficient (Wildman–Crippen LogP) is 5.12. The van der Waals surface area contributed by atoms with Crippen LogP contribution in [0.2, 0.25) is 5.02 Å². The topological polar surface area (TPSA) is 47.3 Å². The van der Waals surface area contributed by atoms with Gasteiger partial charge in [0.15, 0.2) is 0 Å². The molecule has 28 heavy (non-hydrogen) atoms. The van der Waals surface area contributed by atoms with E-state index < -0.39 is 0 Å². The van der Waals surface area contributed by atoms with Crippen LogP contribution in [0.1, 0.15) is 36.4 Å². The number of thioether (sulfide) groups is 1. The quantitative estimate of drug-likeness (QED) is 0.706. The molecule has 0 aromatic heterocycles. The van der Waals surface area contributed by atoms with Crippen molar-refractivity contribution in [3.05, 3.63) is 81.3 Å². The van der Waals surface area contributed by atoms with Gasteiger partial charge in [0.2, 0.25) is 5.91 Å². The normalized spacial score (nSPS) is 21.2.